The van der Waals surface area contributed by atoms with Gasteiger partial charge < -0.3 is 5.73 Å². The average molecular weight is 301 g/mol. The smallest absolute Gasteiger partial charge is 0.114 e. The molecule has 0 spiro atoms. The summed E-state index contributed by atoms with van der Waals surface area (Å²) in [5.41, 5.74) is 8.19. The number of hydrogen-bond acceptors (Lipinski definition) is 3. The van der Waals surface area contributed by atoms with Crippen molar-refractivity contribution >= 4 is 34.5 Å². The predicted octanol–water partition coefficient (Wildman–Crippen LogP) is 4.62. The first kappa shape index (κ1) is 13.8. The maximum Gasteiger partial charge on any atom is 0.114 e. The molecule has 1 aromatic carbocycles. The van der Waals surface area contributed by atoms with E-state index in [-0.39, 0.29) is 6.04 Å². The summed E-state index contributed by atoms with van der Waals surface area (Å²) in [6, 6.07) is 5.19. The molecule has 0 fully saturated rings. The monoisotopic (exact) mass is 300 g/mol. The van der Waals surface area contributed by atoms with E-state index < -0.39 is 0 Å². The van der Waals surface area contributed by atoms with Crippen molar-refractivity contribution in [3.63, 3.8) is 0 Å². The maximum atomic E-state index is 6.19. The van der Waals surface area contributed by atoms with Gasteiger partial charge in [-0.05, 0) is 23.6 Å². The molecular weight excluding hydrogens is 287 g/mol. The number of aromatic nitrogens is 1. The van der Waals surface area contributed by atoms with Crippen LogP contribution in [0.15, 0.2) is 23.6 Å². The summed E-state index contributed by atoms with van der Waals surface area (Å²) < 4.78 is 0. The van der Waals surface area contributed by atoms with Crippen LogP contribution in [0, 0.1) is 0 Å². The number of hydrogen-bond donors (Lipinski definition) is 1. The van der Waals surface area contributed by atoms with E-state index in [2.05, 4.69) is 24.2 Å². The molecule has 0 saturated carbocycles. The zero-order valence-corrected chi connectivity index (χ0v) is 12.5. The van der Waals surface area contributed by atoms with Gasteiger partial charge in [-0.15, -0.1) is 11.3 Å². The summed E-state index contributed by atoms with van der Waals surface area (Å²) >= 11 is 13.5. The number of nitrogens with two attached hydrogens (primary N) is 1. The van der Waals surface area contributed by atoms with Crippen LogP contribution in [0.3, 0.4) is 0 Å². The van der Waals surface area contributed by atoms with Gasteiger partial charge in [-0.2, -0.15) is 0 Å². The molecule has 0 aliphatic heterocycles. The van der Waals surface area contributed by atoms with Crippen molar-refractivity contribution in [2.75, 3.05) is 0 Å². The molecule has 2 aromatic rings. The van der Waals surface area contributed by atoms with Gasteiger partial charge in [0.2, 0.25) is 0 Å². The van der Waals surface area contributed by atoms with E-state index in [4.69, 9.17) is 28.9 Å². The second-order valence-corrected chi connectivity index (χ2v) is 6.12. The number of rotatable bonds is 3. The molecule has 1 atom stereocenters. The van der Waals surface area contributed by atoms with Crippen molar-refractivity contribution in [1.82, 2.24) is 4.98 Å². The van der Waals surface area contributed by atoms with Crippen molar-refractivity contribution in [3.05, 3.63) is 49.9 Å². The molecule has 1 aromatic heterocycles. The Morgan fingerprint density at radius 1 is 1.22 bits per heavy atom. The minimum Gasteiger partial charge on any atom is -0.318 e. The predicted molar refractivity (Wildman–Crippen MR) is 78.7 cm³/mol. The third-order valence-electron chi connectivity index (χ3n) is 2.70. The van der Waals surface area contributed by atoms with Crippen molar-refractivity contribution < 1.29 is 0 Å². The highest BCUT2D eigenvalue weighted by molar-refractivity contribution is 7.09. The van der Waals surface area contributed by atoms with Crippen molar-refractivity contribution in [2.45, 2.75) is 25.8 Å². The van der Waals surface area contributed by atoms with Crippen LogP contribution in [0.5, 0.6) is 0 Å². The van der Waals surface area contributed by atoms with Crippen LogP contribution in [-0.4, -0.2) is 4.98 Å². The molecule has 0 amide bonds. The van der Waals surface area contributed by atoms with Gasteiger partial charge >= 0.3 is 0 Å². The van der Waals surface area contributed by atoms with Crippen LogP contribution in [-0.2, 0) is 0 Å². The Morgan fingerprint density at radius 2 is 1.94 bits per heavy atom. The van der Waals surface area contributed by atoms with Crippen LogP contribution in [0.1, 0.15) is 42.1 Å². The Balaban J connectivity index is 2.29. The summed E-state index contributed by atoms with van der Waals surface area (Å²) in [6.45, 7) is 4.23. The molecule has 5 heteroatoms. The van der Waals surface area contributed by atoms with Gasteiger partial charge in [0.1, 0.15) is 5.01 Å². The second kappa shape index (κ2) is 5.57. The molecule has 0 bridgehead atoms. The Bertz CT molecular complexity index is 552. The Hall–Kier alpha value is -0.610. The van der Waals surface area contributed by atoms with E-state index in [0.29, 0.717) is 16.0 Å². The third-order valence-corrected chi connectivity index (χ3v) is 4.39. The van der Waals surface area contributed by atoms with E-state index in [0.717, 1.165) is 16.3 Å². The van der Waals surface area contributed by atoms with E-state index in [9.17, 15) is 0 Å². The number of benzene rings is 1. The molecule has 0 aliphatic rings. The van der Waals surface area contributed by atoms with Crippen LogP contribution < -0.4 is 5.73 Å². The number of thiazole rings is 1. The minimum absolute atomic E-state index is 0.253. The van der Waals surface area contributed by atoms with E-state index in [1.807, 2.05) is 6.07 Å². The lowest BCUT2D eigenvalue weighted by Crippen LogP contribution is -2.11. The number of nitrogens with zero attached hydrogens (tertiary/aromatic N) is 1. The number of halogens is 2. The van der Waals surface area contributed by atoms with Crippen molar-refractivity contribution in [3.8, 4) is 0 Å². The minimum atomic E-state index is -0.253. The Labute approximate surface area is 121 Å². The fourth-order valence-electron chi connectivity index (χ4n) is 1.56. The third kappa shape index (κ3) is 2.86. The standard InChI is InChI=1S/C13H14Cl2N2S/c1-7(2)11-6-18-13(17-11)12(16)8-3-4-9(14)10(15)5-8/h3-7,12H,16H2,1-2H3. The molecule has 0 saturated heterocycles. The van der Waals surface area contributed by atoms with Crippen molar-refractivity contribution in [1.29, 1.82) is 0 Å². The first-order valence-corrected chi connectivity index (χ1v) is 7.28. The highest BCUT2D eigenvalue weighted by atomic mass is 35.5. The summed E-state index contributed by atoms with van der Waals surface area (Å²) in [4.78, 5) is 4.56. The molecule has 18 heavy (non-hydrogen) atoms. The zero-order chi connectivity index (χ0) is 13.3. The van der Waals surface area contributed by atoms with Gasteiger partial charge in [0, 0.05) is 5.38 Å². The molecule has 0 aliphatic carbocycles. The van der Waals surface area contributed by atoms with E-state index >= 15 is 0 Å². The topological polar surface area (TPSA) is 38.9 Å². The van der Waals surface area contributed by atoms with Crippen molar-refractivity contribution in [2.24, 2.45) is 5.73 Å². The maximum absolute atomic E-state index is 6.19. The highest BCUT2D eigenvalue weighted by Gasteiger charge is 2.15. The van der Waals surface area contributed by atoms with Gasteiger partial charge in [0.05, 0.1) is 21.8 Å². The molecule has 2 rings (SSSR count). The highest BCUT2D eigenvalue weighted by Crippen LogP contribution is 2.29. The normalized spacial score (nSPS) is 13.0. The van der Waals surface area contributed by atoms with Crippen LogP contribution in [0.2, 0.25) is 10.0 Å². The molecule has 96 valence electrons. The van der Waals surface area contributed by atoms with E-state index in [1.165, 1.54) is 0 Å². The summed E-state index contributed by atoms with van der Waals surface area (Å²) in [6.07, 6.45) is 0. The average Bonchev–Trinajstić information content (AvgIpc) is 2.81. The molecule has 1 unspecified atom stereocenters. The van der Waals surface area contributed by atoms with Gasteiger partial charge in [-0.1, -0.05) is 43.1 Å². The summed E-state index contributed by atoms with van der Waals surface area (Å²) in [5.74, 6) is 0.413. The van der Waals surface area contributed by atoms with Crippen LogP contribution >= 0.6 is 34.5 Å². The Morgan fingerprint density at radius 3 is 2.50 bits per heavy atom. The lowest BCUT2D eigenvalue weighted by atomic mass is 10.1. The largest absolute Gasteiger partial charge is 0.318 e. The zero-order valence-electron chi connectivity index (χ0n) is 10.2. The fraction of sp³-hybridized carbons (Fsp3) is 0.308. The molecule has 2 nitrogen and oxygen atoms in total. The lowest BCUT2D eigenvalue weighted by Gasteiger charge is -2.10. The molecule has 2 N–H and O–H groups in total. The second-order valence-electron chi connectivity index (χ2n) is 4.42. The summed E-state index contributed by atoms with van der Waals surface area (Å²) in [7, 11) is 0. The molecule has 1 heterocycles. The first-order valence-electron chi connectivity index (χ1n) is 5.65. The van der Waals surface area contributed by atoms with Gasteiger partial charge in [-0.25, -0.2) is 4.98 Å². The Kier molecular flexibility index (Phi) is 4.28. The first-order chi connectivity index (χ1) is 8.49. The van der Waals surface area contributed by atoms with Crippen LogP contribution in [0.4, 0.5) is 0 Å². The van der Waals surface area contributed by atoms with E-state index in [1.54, 1.807) is 23.5 Å². The van der Waals surface area contributed by atoms with Gasteiger partial charge in [0.15, 0.2) is 0 Å². The fourth-order valence-corrected chi connectivity index (χ4v) is 2.87. The summed E-state index contributed by atoms with van der Waals surface area (Å²) in [5, 5.41) is 4.01. The lowest BCUT2D eigenvalue weighted by molar-refractivity contribution is 0.795. The quantitative estimate of drug-likeness (QED) is 0.898. The van der Waals surface area contributed by atoms with Gasteiger partial charge in [0.25, 0.3) is 0 Å². The van der Waals surface area contributed by atoms with Gasteiger partial charge in [-0.3, -0.25) is 0 Å². The SMILES string of the molecule is CC(C)c1csc(C(N)c2ccc(Cl)c(Cl)c2)n1. The van der Waals surface area contributed by atoms with Crippen LogP contribution in [0.25, 0.3) is 0 Å². The molecule has 0 radical (unpaired) electrons. The molecular formula is C13H14Cl2N2S.